The zero-order valence-electron chi connectivity index (χ0n) is 20.6. The Morgan fingerprint density at radius 3 is 2.39 bits per heavy atom. The lowest BCUT2D eigenvalue weighted by molar-refractivity contribution is -0.390. The molecule has 7 N–H and O–H groups in total. The van der Waals surface area contributed by atoms with Crippen molar-refractivity contribution in [3.05, 3.63) is 24.0 Å². The summed E-state index contributed by atoms with van der Waals surface area (Å²) in [6, 6.07) is 3.05. The lowest BCUT2D eigenvalue weighted by Gasteiger charge is -2.60. The van der Waals surface area contributed by atoms with Gasteiger partial charge < -0.3 is 49.8 Å². The zero-order chi connectivity index (χ0) is 26.2. The van der Waals surface area contributed by atoms with Crippen molar-refractivity contribution >= 4 is 5.97 Å². The number of carbonyl (C=O) groups excluding carboxylic acids is 1. The van der Waals surface area contributed by atoms with Gasteiger partial charge in [-0.25, -0.2) is 4.79 Å². The van der Waals surface area contributed by atoms with E-state index in [2.05, 4.69) is 4.98 Å². The summed E-state index contributed by atoms with van der Waals surface area (Å²) in [5.41, 5.74) is -16.8. The molecule has 11 atom stereocenters. The average molecular weight is 508 g/mol. The summed E-state index contributed by atoms with van der Waals surface area (Å²) in [6.45, 7) is 6.26. The molecule has 3 saturated heterocycles. The number of rotatable bonds is 3. The van der Waals surface area contributed by atoms with Gasteiger partial charge in [0, 0.05) is 18.0 Å². The van der Waals surface area contributed by atoms with E-state index in [0.29, 0.717) is 0 Å². The fourth-order valence-electron chi connectivity index (χ4n) is 9.82. The highest BCUT2D eigenvalue weighted by molar-refractivity contribution is 5.87. The smallest absolute Gasteiger partial charge is 0.355 e. The second kappa shape index (κ2) is 5.72. The van der Waals surface area contributed by atoms with Gasteiger partial charge in [0.25, 0.3) is 0 Å². The van der Waals surface area contributed by atoms with Gasteiger partial charge in [0.1, 0.15) is 39.8 Å². The Morgan fingerprint density at radius 2 is 1.83 bits per heavy atom. The summed E-state index contributed by atoms with van der Waals surface area (Å²) in [5.74, 6) is -3.97. The summed E-state index contributed by atoms with van der Waals surface area (Å²) in [6.07, 6.45) is -2.10. The number of hydrogen-bond acceptors (Lipinski definition) is 10. The molecule has 4 aliphatic carbocycles. The molecule has 1 aromatic heterocycles. The molecule has 7 fully saturated rings. The van der Waals surface area contributed by atoms with Crippen LogP contribution in [0.3, 0.4) is 0 Å². The molecular weight excluding hydrogens is 474 g/mol. The van der Waals surface area contributed by atoms with Crippen molar-refractivity contribution < 1.29 is 49.6 Å². The molecule has 11 nitrogen and oxygen atoms in total. The van der Waals surface area contributed by atoms with Crippen LogP contribution in [-0.4, -0.2) is 99.8 Å². The van der Waals surface area contributed by atoms with E-state index in [0.717, 1.165) is 0 Å². The quantitative estimate of drug-likeness (QED) is 0.197. The summed E-state index contributed by atoms with van der Waals surface area (Å²) < 4.78 is 17.7. The second-order valence-electron chi connectivity index (χ2n) is 12.7. The molecule has 7 aliphatic rings. The first-order chi connectivity index (χ1) is 16.5. The van der Waals surface area contributed by atoms with Crippen LogP contribution in [0.25, 0.3) is 0 Å². The third-order valence-corrected chi connectivity index (χ3v) is 11.7. The third kappa shape index (κ3) is 1.65. The van der Waals surface area contributed by atoms with Crippen LogP contribution in [-0.2, 0) is 14.2 Å². The van der Waals surface area contributed by atoms with E-state index in [1.807, 2.05) is 0 Å². The number of aliphatic hydroxyl groups is 6. The highest BCUT2D eigenvalue weighted by Crippen LogP contribution is 2.91. The van der Waals surface area contributed by atoms with Crippen LogP contribution < -0.4 is 0 Å². The van der Waals surface area contributed by atoms with Crippen molar-refractivity contribution in [3.8, 4) is 0 Å². The highest BCUT2D eigenvalue weighted by Gasteiger charge is 3.11. The zero-order valence-corrected chi connectivity index (χ0v) is 20.6. The van der Waals surface area contributed by atoms with Gasteiger partial charge in [0.2, 0.25) is 0 Å². The monoisotopic (exact) mass is 507 g/mol. The fourth-order valence-corrected chi connectivity index (χ4v) is 9.82. The molecular formula is C25H33NO10. The van der Waals surface area contributed by atoms with Crippen molar-refractivity contribution in [1.29, 1.82) is 0 Å². The molecule has 0 aromatic carbocycles. The predicted octanol–water partition coefficient (Wildman–Crippen LogP) is -1.05. The van der Waals surface area contributed by atoms with Crippen LogP contribution in [0.5, 0.6) is 0 Å². The molecule has 11 heteroatoms. The van der Waals surface area contributed by atoms with Crippen LogP contribution in [0.15, 0.2) is 18.3 Å². The summed E-state index contributed by atoms with van der Waals surface area (Å²) in [4.78, 5) is 15.9. The number of aromatic nitrogens is 1. The number of carbonyl (C=O) groups is 1. The number of H-pyrrole nitrogens is 1. The van der Waals surface area contributed by atoms with E-state index in [9.17, 15) is 35.4 Å². The fraction of sp³-hybridized carbons (Fsp3) is 0.800. The molecule has 8 rings (SSSR count). The third-order valence-electron chi connectivity index (χ3n) is 11.7. The van der Waals surface area contributed by atoms with E-state index in [-0.39, 0.29) is 31.6 Å². The van der Waals surface area contributed by atoms with Gasteiger partial charge in [-0.1, -0.05) is 20.8 Å². The summed E-state index contributed by atoms with van der Waals surface area (Å²) in [5, 5.41) is 74.5. The molecule has 4 saturated carbocycles. The normalized spacial score (nSPS) is 61.8. The Bertz CT molecular complexity index is 1200. The van der Waals surface area contributed by atoms with E-state index < -0.39 is 74.3 Å². The molecule has 0 radical (unpaired) electrons. The van der Waals surface area contributed by atoms with Crippen molar-refractivity contribution in [2.45, 2.75) is 98.6 Å². The van der Waals surface area contributed by atoms with Crippen LogP contribution in [0.4, 0.5) is 0 Å². The molecule has 3 aliphatic heterocycles. The molecule has 6 bridgehead atoms. The Hall–Kier alpha value is -1.57. The first-order valence-corrected chi connectivity index (χ1v) is 12.5. The van der Waals surface area contributed by atoms with Crippen molar-refractivity contribution in [3.63, 3.8) is 0 Å². The maximum absolute atomic E-state index is 13.2. The maximum Gasteiger partial charge on any atom is 0.355 e. The van der Waals surface area contributed by atoms with E-state index >= 15 is 0 Å². The largest absolute Gasteiger partial charge is 0.451 e. The van der Waals surface area contributed by atoms with E-state index in [4.69, 9.17) is 14.2 Å². The molecule has 0 amide bonds. The van der Waals surface area contributed by atoms with E-state index in [1.165, 1.54) is 26.1 Å². The number of hydrogen-bond donors (Lipinski definition) is 7. The van der Waals surface area contributed by atoms with Crippen LogP contribution >= 0.6 is 0 Å². The number of aliphatic hydroxyl groups excluding tert-OH is 1. The summed E-state index contributed by atoms with van der Waals surface area (Å²) in [7, 11) is 0. The topological polar surface area (TPSA) is 185 Å². The SMILES string of the molecule is CC(C)[C@@]1(O)[C@@H](OC(=O)c2ccc[nH]2)[C@@]2(O)[C@]3(C)C[C@@]4(O)OC5(C(O)[C@]6(CC[C@@]53O)CO6)[C@@]2(O)[C@@]41C. The lowest BCUT2D eigenvalue weighted by atomic mass is 9.52. The molecule has 36 heavy (non-hydrogen) atoms. The maximum atomic E-state index is 13.2. The van der Waals surface area contributed by atoms with Gasteiger partial charge in [-0.15, -0.1) is 0 Å². The van der Waals surface area contributed by atoms with Crippen LogP contribution in [0.2, 0.25) is 0 Å². The van der Waals surface area contributed by atoms with Gasteiger partial charge in [-0.2, -0.15) is 0 Å². The predicted molar refractivity (Wildman–Crippen MR) is 118 cm³/mol. The average Bonchev–Trinajstić information content (AvgIpc) is 3.30. The number of esters is 1. The molecule has 1 aromatic rings. The molecule has 2 unspecified atom stereocenters. The van der Waals surface area contributed by atoms with Gasteiger partial charge in [-0.3, -0.25) is 0 Å². The van der Waals surface area contributed by atoms with Crippen LogP contribution in [0.1, 0.15) is 57.4 Å². The minimum atomic E-state index is -2.65. The first-order valence-electron chi connectivity index (χ1n) is 12.5. The minimum absolute atomic E-state index is 0.0191. The van der Waals surface area contributed by atoms with Gasteiger partial charge in [-0.05, 0) is 37.8 Å². The van der Waals surface area contributed by atoms with Gasteiger partial charge >= 0.3 is 5.97 Å². The Labute approximate surface area is 207 Å². The number of nitrogens with one attached hydrogen (secondary N) is 1. The number of ether oxygens (including phenoxy) is 3. The summed E-state index contributed by atoms with van der Waals surface area (Å²) >= 11 is 0. The molecule has 198 valence electrons. The number of epoxide rings is 1. The first kappa shape index (κ1) is 23.5. The Kier molecular flexibility index (Phi) is 3.74. The second-order valence-corrected chi connectivity index (χ2v) is 12.7. The lowest BCUT2D eigenvalue weighted by Crippen LogP contribution is -2.77. The van der Waals surface area contributed by atoms with Crippen molar-refractivity contribution in [2.24, 2.45) is 16.7 Å². The van der Waals surface area contributed by atoms with Crippen LogP contribution in [0, 0.1) is 16.7 Å². The minimum Gasteiger partial charge on any atom is -0.451 e. The van der Waals surface area contributed by atoms with E-state index in [1.54, 1.807) is 19.9 Å². The Morgan fingerprint density at radius 1 is 1.17 bits per heavy atom. The van der Waals surface area contributed by atoms with Gasteiger partial charge in [0.05, 0.1) is 12.0 Å². The number of aromatic amines is 1. The highest BCUT2D eigenvalue weighted by atomic mass is 16.7. The molecule has 4 heterocycles. The van der Waals surface area contributed by atoms with Crippen molar-refractivity contribution in [2.75, 3.05) is 6.61 Å². The standard InChI is InChI=1S/C25H33NO10/c1-12(2)22(31)16(35-14(27)13-6-5-9-26-13)23(32)17(3)10-21(30)18(22,4)25(23,33)24(36-21)15(28)19(11-34-19)7-8-20(17,24)29/h5-6,9,12,15-16,26,28-33H,7-8,10-11H2,1-4H3/t15?,16-,17-,18+,19+,20+,21-,22-,23-,24?,25-/m1/s1. The van der Waals surface area contributed by atoms with Crippen molar-refractivity contribution in [1.82, 2.24) is 4.98 Å². The molecule has 2 spiro atoms. The van der Waals surface area contributed by atoms with Gasteiger partial charge in [0.15, 0.2) is 17.5 Å². The Balaban J connectivity index is 1.55.